The first-order chi connectivity index (χ1) is 14.5. The zero-order valence-electron chi connectivity index (χ0n) is 18.0. The Balaban J connectivity index is 2.19. The van der Waals surface area contributed by atoms with Crippen molar-refractivity contribution >= 4 is 11.8 Å². The van der Waals surface area contributed by atoms with Crippen LogP contribution >= 0.6 is 0 Å². The van der Waals surface area contributed by atoms with Gasteiger partial charge < -0.3 is 14.8 Å². The van der Waals surface area contributed by atoms with E-state index in [4.69, 9.17) is 9.47 Å². The van der Waals surface area contributed by atoms with E-state index in [2.05, 4.69) is 5.32 Å². The number of Topliss-reactive ketones (excluding diaryl/α,β-unsaturated/α-hetero) is 1. The molecule has 0 saturated heterocycles. The van der Waals surface area contributed by atoms with Gasteiger partial charge >= 0.3 is 12.1 Å². The molecule has 0 saturated carbocycles. The summed E-state index contributed by atoms with van der Waals surface area (Å²) in [6.45, 7) is 5.58. The average molecular weight is 437 g/mol. The number of hydrogen-bond acceptors (Lipinski definition) is 5. The van der Waals surface area contributed by atoms with E-state index in [1.54, 1.807) is 6.92 Å². The maximum Gasteiger partial charge on any atom is 0.416 e. The average Bonchev–Trinajstić information content (AvgIpc) is 2.65. The molecule has 0 aromatic heterocycles. The van der Waals surface area contributed by atoms with E-state index in [0.717, 1.165) is 6.07 Å². The van der Waals surface area contributed by atoms with Crippen LogP contribution < -0.4 is 5.32 Å². The third-order valence-corrected chi connectivity index (χ3v) is 5.56. The summed E-state index contributed by atoms with van der Waals surface area (Å²) in [6, 6.07) is 5.07. The van der Waals surface area contributed by atoms with Crippen LogP contribution in [0.2, 0.25) is 0 Å². The number of halogens is 3. The Morgan fingerprint density at radius 2 is 1.87 bits per heavy atom. The predicted octanol–water partition coefficient (Wildman–Crippen LogP) is 4.50. The Morgan fingerprint density at radius 3 is 2.52 bits per heavy atom. The molecule has 5 nitrogen and oxygen atoms in total. The van der Waals surface area contributed by atoms with Gasteiger partial charge in [-0.25, -0.2) is 4.79 Å². The minimum absolute atomic E-state index is 0.0135. The van der Waals surface area contributed by atoms with Crippen LogP contribution in [0.4, 0.5) is 13.2 Å². The molecule has 31 heavy (non-hydrogen) atoms. The van der Waals surface area contributed by atoms with E-state index in [-0.39, 0.29) is 47.5 Å². The van der Waals surface area contributed by atoms with Crippen molar-refractivity contribution in [1.82, 2.24) is 5.32 Å². The molecule has 3 rings (SSSR count). The summed E-state index contributed by atoms with van der Waals surface area (Å²) in [5.41, 5.74) is -0.174. The first-order valence-electron chi connectivity index (χ1n) is 10.0. The molecular weight excluding hydrogens is 411 g/mol. The lowest BCUT2D eigenvalue weighted by Crippen LogP contribution is -2.39. The number of carbonyl (C=O) groups is 2. The number of nitrogens with one attached hydrogen (secondary N) is 1. The summed E-state index contributed by atoms with van der Waals surface area (Å²) in [5, 5.41) is 3.11. The molecule has 1 N–H and O–H groups in total. The normalized spacial score (nSPS) is 21.0. The van der Waals surface area contributed by atoms with Gasteiger partial charge in [0.2, 0.25) is 0 Å². The molecule has 0 bridgehead atoms. The van der Waals surface area contributed by atoms with Gasteiger partial charge in [-0.3, -0.25) is 4.79 Å². The number of benzene rings is 1. The molecule has 1 aliphatic carbocycles. The lowest BCUT2D eigenvalue weighted by atomic mass is 9.68. The molecule has 0 spiro atoms. The van der Waals surface area contributed by atoms with Crippen molar-refractivity contribution in [2.75, 3.05) is 20.3 Å². The number of alkyl halides is 3. The number of methoxy groups -OCH3 is 1. The largest absolute Gasteiger partial charge is 0.460 e. The Morgan fingerprint density at radius 1 is 1.19 bits per heavy atom. The van der Waals surface area contributed by atoms with E-state index >= 15 is 0 Å². The number of hydrogen-bond donors (Lipinski definition) is 1. The van der Waals surface area contributed by atoms with E-state index < -0.39 is 23.6 Å². The second-order valence-electron chi connectivity index (χ2n) is 8.64. The number of dihydropyridines is 1. The standard InChI is InChI=1S/C23H26F3NO4/c1-13-18(21(29)31-10-9-30-4)19(14-7-5-6-8-15(14)23(24,25)26)20-16(27-13)11-22(2,3)12-17(20)28/h5-8,19,27H,9-12H2,1-4H3. The lowest BCUT2D eigenvalue weighted by molar-refractivity contribution is -0.142. The second-order valence-corrected chi connectivity index (χ2v) is 8.64. The highest BCUT2D eigenvalue weighted by atomic mass is 19.4. The summed E-state index contributed by atoms with van der Waals surface area (Å²) in [7, 11) is 1.45. The van der Waals surface area contributed by atoms with Gasteiger partial charge in [-0.1, -0.05) is 32.0 Å². The molecule has 0 amide bonds. The molecule has 1 atom stereocenters. The van der Waals surface area contributed by atoms with Gasteiger partial charge in [0, 0.05) is 36.4 Å². The molecule has 2 aliphatic rings. The van der Waals surface area contributed by atoms with Gasteiger partial charge in [-0.05, 0) is 30.4 Å². The molecule has 1 aliphatic heterocycles. The number of ketones is 1. The van der Waals surface area contributed by atoms with E-state index in [9.17, 15) is 22.8 Å². The first kappa shape index (κ1) is 23.1. The number of esters is 1. The smallest absolute Gasteiger partial charge is 0.416 e. The van der Waals surface area contributed by atoms with Crippen LogP contribution in [0.25, 0.3) is 0 Å². The van der Waals surface area contributed by atoms with E-state index in [0.29, 0.717) is 17.8 Å². The van der Waals surface area contributed by atoms with Gasteiger partial charge in [0.25, 0.3) is 0 Å². The van der Waals surface area contributed by atoms with Crippen LogP contribution in [0, 0.1) is 5.41 Å². The fraction of sp³-hybridized carbons (Fsp3) is 0.478. The highest BCUT2D eigenvalue weighted by Crippen LogP contribution is 2.49. The summed E-state index contributed by atoms with van der Waals surface area (Å²) >= 11 is 0. The van der Waals surface area contributed by atoms with E-state index in [1.807, 2.05) is 13.8 Å². The SMILES string of the molecule is COCCOC(=O)C1=C(C)NC2=C(C(=O)CC(C)(C)C2)C1c1ccccc1C(F)(F)F. The molecule has 0 fully saturated rings. The van der Waals surface area contributed by atoms with Gasteiger partial charge in [0.1, 0.15) is 6.61 Å². The van der Waals surface area contributed by atoms with Crippen LogP contribution in [-0.2, 0) is 25.2 Å². The van der Waals surface area contributed by atoms with Crippen LogP contribution in [-0.4, -0.2) is 32.1 Å². The summed E-state index contributed by atoms with van der Waals surface area (Å²) in [6.07, 6.45) is -3.97. The first-order valence-corrected chi connectivity index (χ1v) is 10.0. The maximum atomic E-state index is 13.9. The number of allylic oxidation sites excluding steroid dienone is 3. The quantitative estimate of drug-likeness (QED) is 0.543. The topological polar surface area (TPSA) is 64.6 Å². The number of rotatable bonds is 5. The van der Waals surface area contributed by atoms with Crippen molar-refractivity contribution in [2.24, 2.45) is 5.41 Å². The number of ether oxygens (including phenoxy) is 2. The van der Waals surface area contributed by atoms with Crippen LogP contribution in [0.5, 0.6) is 0 Å². The van der Waals surface area contributed by atoms with Crippen LogP contribution in [0.1, 0.15) is 50.7 Å². The van der Waals surface area contributed by atoms with Crippen molar-refractivity contribution in [3.63, 3.8) is 0 Å². The molecule has 1 aromatic carbocycles. The zero-order chi connectivity index (χ0) is 23.0. The highest BCUT2D eigenvalue weighted by molar-refractivity contribution is 6.04. The molecule has 1 aromatic rings. The van der Waals surface area contributed by atoms with Crippen LogP contribution in [0.3, 0.4) is 0 Å². The molecule has 1 heterocycles. The van der Waals surface area contributed by atoms with Crippen LogP contribution in [0.15, 0.2) is 46.8 Å². The Bertz CT molecular complexity index is 960. The minimum Gasteiger partial charge on any atom is -0.460 e. The van der Waals surface area contributed by atoms with Crippen molar-refractivity contribution in [2.45, 2.75) is 45.7 Å². The van der Waals surface area contributed by atoms with Gasteiger partial charge in [-0.2, -0.15) is 13.2 Å². The second kappa shape index (κ2) is 8.49. The Labute approximate surface area is 179 Å². The fourth-order valence-electron chi connectivity index (χ4n) is 4.32. The fourth-order valence-corrected chi connectivity index (χ4v) is 4.32. The van der Waals surface area contributed by atoms with Crippen molar-refractivity contribution in [1.29, 1.82) is 0 Å². The maximum absolute atomic E-state index is 13.9. The van der Waals surface area contributed by atoms with E-state index in [1.165, 1.54) is 25.3 Å². The third kappa shape index (κ3) is 4.69. The molecular formula is C23H26F3NO4. The van der Waals surface area contributed by atoms with Crippen molar-refractivity contribution in [3.8, 4) is 0 Å². The predicted molar refractivity (Wildman–Crippen MR) is 108 cm³/mol. The number of carbonyl (C=O) groups excluding carboxylic acids is 2. The summed E-state index contributed by atoms with van der Waals surface area (Å²) < 4.78 is 51.7. The highest BCUT2D eigenvalue weighted by Gasteiger charge is 2.46. The Kier molecular flexibility index (Phi) is 6.32. The van der Waals surface area contributed by atoms with Gasteiger partial charge in [0.05, 0.1) is 17.7 Å². The Hall–Kier alpha value is -2.61. The van der Waals surface area contributed by atoms with Crippen molar-refractivity contribution < 1.29 is 32.2 Å². The summed E-state index contributed by atoms with van der Waals surface area (Å²) in [4.78, 5) is 26.1. The minimum atomic E-state index is -4.64. The van der Waals surface area contributed by atoms with Gasteiger partial charge in [0.15, 0.2) is 5.78 Å². The summed E-state index contributed by atoms with van der Waals surface area (Å²) in [5.74, 6) is -2.20. The van der Waals surface area contributed by atoms with Crippen molar-refractivity contribution in [3.05, 3.63) is 57.9 Å². The molecule has 8 heteroatoms. The lowest BCUT2D eigenvalue weighted by Gasteiger charge is -2.40. The molecule has 1 unspecified atom stereocenters. The molecule has 168 valence electrons. The zero-order valence-corrected chi connectivity index (χ0v) is 18.0. The molecule has 0 radical (unpaired) electrons. The van der Waals surface area contributed by atoms with Gasteiger partial charge in [-0.15, -0.1) is 0 Å². The monoisotopic (exact) mass is 437 g/mol. The third-order valence-electron chi connectivity index (χ3n) is 5.56.